The van der Waals surface area contributed by atoms with Gasteiger partial charge in [0.25, 0.3) is 0 Å². The Morgan fingerprint density at radius 1 is 1.00 bits per heavy atom. The molecule has 0 saturated carbocycles. The number of ether oxygens (including phenoxy) is 3. The minimum atomic E-state index is 0.0648. The van der Waals surface area contributed by atoms with Crippen molar-refractivity contribution in [3.8, 4) is 17.2 Å². The molecule has 1 fully saturated rings. The van der Waals surface area contributed by atoms with E-state index in [0.717, 1.165) is 37.6 Å². The SMILES string of the molecule is CCNC(=NCC(C)(C)N1CCCCC1)NCCc1ccc(OC)c(OC)c1OC. The normalized spacial score (nSPS) is 15.6. The minimum absolute atomic E-state index is 0.0648. The van der Waals surface area contributed by atoms with E-state index in [4.69, 9.17) is 19.2 Å². The molecule has 1 saturated heterocycles. The third kappa shape index (κ3) is 6.42. The Bertz CT molecular complexity index is 685. The highest BCUT2D eigenvalue weighted by molar-refractivity contribution is 5.79. The third-order valence-electron chi connectivity index (χ3n) is 5.65. The Morgan fingerprint density at radius 3 is 2.30 bits per heavy atom. The van der Waals surface area contributed by atoms with Gasteiger partial charge in [-0.1, -0.05) is 12.5 Å². The lowest BCUT2D eigenvalue weighted by molar-refractivity contribution is 0.102. The summed E-state index contributed by atoms with van der Waals surface area (Å²) in [6.07, 6.45) is 4.71. The molecule has 2 N–H and O–H groups in total. The van der Waals surface area contributed by atoms with Gasteiger partial charge in [-0.05, 0) is 59.2 Å². The summed E-state index contributed by atoms with van der Waals surface area (Å²) in [6, 6.07) is 3.93. The summed E-state index contributed by atoms with van der Waals surface area (Å²) >= 11 is 0. The first-order valence-corrected chi connectivity index (χ1v) is 11.0. The summed E-state index contributed by atoms with van der Waals surface area (Å²) < 4.78 is 16.4. The molecule has 1 aliphatic rings. The number of aliphatic imine (C=N–C) groups is 1. The van der Waals surface area contributed by atoms with Crippen LogP contribution >= 0.6 is 0 Å². The van der Waals surface area contributed by atoms with Gasteiger partial charge in [-0.15, -0.1) is 0 Å². The number of likely N-dealkylation sites (tertiary alicyclic amines) is 1. The fourth-order valence-corrected chi connectivity index (χ4v) is 3.89. The maximum Gasteiger partial charge on any atom is 0.203 e. The van der Waals surface area contributed by atoms with Gasteiger partial charge in [-0.2, -0.15) is 0 Å². The van der Waals surface area contributed by atoms with Crippen LogP contribution in [0.5, 0.6) is 17.2 Å². The van der Waals surface area contributed by atoms with Crippen LogP contribution in [0.3, 0.4) is 0 Å². The van der Waals surface area contributed by atoms with Crippen LogP contribution in [0.25, 0.3) is 0 Å². The number of nitrogens with one attached hydrogen (secondary N) is 2. The van der Waals surface area contributed by atoms with Crippen LogP contribution in [0.1, 0.15) is 45.6 Å². The first-order chi connectivity index (χ1) is 14.5. The quantitative estimate of drug-likeness (QED) is 0.448. The highest BCUT2D eigenvalue weighted by Crippen LogP contribution is 2.39. The Morgan fingerprint density at radius 2 is 1.70 bits per heavy atom. The zero-order chi connectivity index (χ0) is 22.0. The van der Waals surface area contributed by atoms with Gasteiger partial charge in [0.1, 0.15) is 0 Å². The molecule has 7 nitrogen and oxygen atoms in total. The predicted octanol–water partition coefficient (Wildman–Crippen LogP) is 3.07. The maximum absolute atomic E-state index is 5.59. The first-order valence-electron chi connectivity index (χ1n) is 11.0. The summed E-state index contributed by atoms with van der Waals surface area (Å²) in [4.78, 5) is 7.44. The second-order valence-electron chi connectivity index (χ2n) is 8.23. The summed E-state index contributed by atoms with van der Waals surface area (Å²) in [5.41, 5.74) is 1.13. The van der Waals surface area contributed by atoms with Crippen molar-refractivity contribution in [3.63, 3.8) is 0 Å². The summed E-state index contributed by atoms with van der Waals surface area (Å²) in [5, 5.41) is 6.81. The summed E-state index contributed by atoms with van der Waals surface area (Å²) in [5.74, 6) is 2.86. The van der Waals surface area contributed by atoms with Crippen LogP contribution in [0.15, 0.2) is 17.1 Å². The molecule has 0 amide bonds. The molecule has 0 radical (unpaired) electrons. The lowest BCUT2D eigenvalue weighted by Crippen LogP contribution is -2.49. The molecule has 0 bridgehead atoms. The topological polar surface area (TPSA) is 67.4 Å². The zero-order valence-corrected chi connectivity index (χ0v) is 19.6. The Labute approximate surface area is 182 Å². The molecule has 1 heterocycles. The third-order valence-corrected chi connectivity index (χ3v) is 5.65. The molecule has 0 aromatic heterocycles. The van der Waals surface area contributed by atoms with Gasteiger partial charge >= 0.3 is 0 Å². The summed E-state index contributed by atoms with van der Waals surface area (Å²) in [6.45, 7) is 11.3. The van der Waals surface area contributed by atoms with Crippen LogP contribution in [0.2, 0.25) is 0 Å². The minimum Gasteiger partial charge on any atom is -0.493 e. The van der Waals surface area contributed by atoms with Crippen LogP contribution in [-0.4, -0.2) is 70.5 Å². The van der Waals surface area contributed by atoms with Crippen molar-refractivity contribution in [2.24, 2.45) is 4.99 Å². The molecule has 0 aliphatic carbocycles. The van der Waals surface area contributed by atoms with E-state index in [1.165, 1.54) is 32.4 Å². The number of rotatable bonds is 10. The van der Waals surface area contributed by atoms with E-state index in [9.17, 15) is 0 Å². The van der Waals surface area contributed by atoms with E-state index >= 15 is 0 Å². The number of benzene rings is 1. The molecule has 1 aromatic rings. The molecule has 170 valence electrons. The average molecular weight is 421 g/mol. The van der Waals surface area contributed by atoms with Crippen LogP contribution < -0.4 is 24.8 Å². The molecule has 0 unspecified atom stereocenters. The monoisotopic (exact) mass is 420 g/mol. The van der Waals surface area contributed by atoms with E-state index in [-0.39, 0.29) is 5.54 Å². The molecule has 2 rings (SSSR count). The standard InChI is InChI=1S/C23H40N4O3/c1-7-24-22(26-17-23(2,3)27-15-9-8-10-16-27)25-14-13-18-11-12-19(28-4)21(30-6)20(18)29-5/h11-12H,7-10,13-17H2,1-6H3,(H2,24,25,26). The van der Waals surface area contributed by atoms with E-state index in [1.54, 1.807) is 21.3 Å². The second kappa shape index (κ2) is 11.9. The number of hydrogen-bond acceptors (Lipinski definition) is 5. The fourth-order valence-electron chi connectivity index (χ4n) is 3.89. The Kier molecular flexibility index (Phi) is 9.56. The maximum atomic E-state index is 5.59. The van der Waals surface area contributed by atoms with Crippen LogP contribution in [0, 0.1) is 0 Å². The molecule has 30 heavy (non-hydrogen) atoms. The Hall–Kier alpha value is -2.15. The van der Waals surface area contributed by atoms with E-state index in [1.807, 2.05) is 12.1 Å². The number of methoxy groups -OCH3 is 3. The van der Waals surface area contributed by atoms with Crippen molar-refractivity contribution < 1.29 is 14.2 Å². The number of nitrogens with zero attached hydrogens (tertiary/aromatic N) is 2. The molecule has 0 atom stereocenters. The van der Waals surface area contributed by atoms with E-state index < -0.39 is 0 Å². The number of hydrogen-bond donors (Lipinski definition) is 2. The lowest BCUT2D eigenvalue weighted by Gasteiger charge is -2.40. The molecule has 0 spiro atoms. The zero-order valence-electron chi connectivity index (χ0n) is 19.6. The number of guanidine groups is 1. The van der Waals surface area contributed by atoms with Gasteiger partial charge in [0.2, 0.25) is 5.75 Å². The molecule has 1 aliphatic heterocycles. The van der Waals surface area contributed by atoms with Crippen molar-refractivity contribution in [3.05, 3.63) is 17.7 Å². The van der Waals surface area contributed by atoms with E-state index in [2.05, 4.69) is 36.3 Å². The first kappa shape index (κ1) is 24.1. The smallest absolute Gasteiger partial charge is 0.203 e. The van der Waals surface area contributed by atoms with Crippen molar-refractivity contribution in [1.82, 2.24) is 15.5 Å². The Balaban J connectivity index is 2.00. The predicted molar refractivity (Wildman–Crippen MR) is 123 cm³/mol. The van der Waals surface area contributed by atoms with E-state index in [0.29, 0.717) is 17.2 Å². The van der Waals surface area contributed by atoms with Crippen molar-refractivity contribution in [1.29, 1.82) is 0 Å². The molecular formula is C23H40N4O3. The molecule has 1 aromatic carbocycles. The van der Waals surface area contributed by atoms with Crippen molar-refractivity contribution in [2.45, 2.75) is 52.0 Å². The van der Waals surface area contributed by atoms with Crippen LogP contribution in [-0.2, 0) is 6.42 Å². The van der Waals surface area contributed by atoms with Gasteiger partial charge in [-0.25, -0.2) is 0 Å². The number of piperidine rings is 1. The van der Waals surface area contributed by atoms with Crippen LogP contribution in [0.4, 0.5) is 0 Å². The molecule has 7 heteroatoms. The average Bonchev–Trinajstić information content (AvgIpc) is 2.77. The van der Waals surface area contributed by atoms with Gasteiger partial charge in [-0.3, -0.25) is 9.89 Å². The van der Waals surface area contributed by atoms with Crippen molar-refractivity contribution >= 4 is 5.96 Å². The highest BCUT2D eigenvalue weighted by Gasteiger charge is 2.27. The van der Waals surface area contributed by atoms with Gasteiger partial charge < -0.3 is 24.8 Å². The fraction of sp³-hybridized carbons (Fsp3) is 0.696. The van der Waals surface area contributed by atoms with Gasteiger partial charge in [0, 0.05) is 24.2 Å². The largest absolute Gasteiger partial charge is 0.493 e. The van der Waals surface area contributed by atoms with Crippen molar-refractivity contribution in [2.75, 3.05) is 54.1 Å². The molecular weight excluding hydrogens is 380 g/mol. The summed E-state index contributed by atoms with van der Waals surface area (Å²) in [7, 11) is 4.91. The van der Waals surface area contributed by atoms with Gasteiger partial charge in [0.05, 0.1) is 27.9 Å². The van der Waals surface area contributed by atoms with Gasteiger partial charge in [0.15, 0.2) is 17.5 Å². The lowest BCUT2D eigenvalue weighted by atomic mass is 9.99. The second-order valence-corrected chi connectivity index (χ2v) is 8.23. The highest BCUT2D eigenvalue weighted by atomic mass is 16.5.